The van der Waals surface area contributed by atoms with Gasteiger partial charge in [0.15, 0.2) is 6.73 Å². The molecule has 0 radical (unpaired) electrons. The van der Waals surface area contributed by atoms with E-state index in [0.717, 1.165) is 5.06 Å². The molecule has 0 aliphatic carbocycles. The molecule has 0 aliphatic rings. The van der Waals surface area contributed by atoms with Crippen LogP contribution in [-0.2, 0) is 4.84 Å². The van der Waals surface area contributed by atoms with Gasteiger partial charge in [0, 0.05) is 19.9 Å². The first-order valence-corrected chi connectivity index (χ1v) is 6.18. The van der Waals surface area contributed by atoms with E-state index < -0.39 is 12.6 Å². The fourth-order valence-electron chi connectivity index (χ4n) is 1.14. The summed E-state index contributed by atoms with van der Waals surface area (Å²) in [6, 6.07) is 4.53. The number of carbonyl (C=O) groups excluding carboxylic acids is 1. The molecule has 1 rings (SSSR count). The second-order valence-corrected chi connectivity index (χ2v) is 4.44. The van der Waals surface area contributed by atoms with Crippen molar-refractivity contribution in [3.8, 4) is 0 Å². The second kappa shape index (κ2) is 8.26. The molecule has 0 aromatic heterocycles. The van der Waals surface area contributed by atoms with Gasteiger partial charge in [0.1, 0.15) is 6.67 Å². The van der Waals surface area contributed by atoms with Gasteiger partial charge in [0.2, 0.25) is 0 Å². The van der Waals surface area contributed by atoms with Crippen LogP contribution in [0.15, 0.2) is 32.9 Å². The van der Waals surface area contributed by atoms with Gasteiger partial charge >= 0.3 is 0 Å². The normalized spacial score (nSPS) is 9.30. The highest BCUT2D eigenvalue weighted by Gasteiger charge is 2.16. The Morgan fingerprint density at radius 2 is 2.10 bits per heavy atom. The Labute approximate surface area is 126 Å². The van der Waals surface area contributed by atoms with Crippen LogP contribution in [0.5, 0.6) is 0 Å². The summed E-state index contributed by atoms with van der Waals surface area (Å²) < 4.78 is 0.632. The zero-order valence-electron chi connectivity index (χ0n) is 9.85. The number of nitrogens with zero attached hydrogens (tertiary/aromatic N) is 7. The van der Waals surface area contributed by atoms with Gasteiger partial charge in [-0.25, -0.2) is 5.06 Å². The summed E-state index contributed by atoms with van der Waals surface area (Å²) in [4.78, 5) is 22.0. The van der Waals surface area contributed by atoms with Gasteiger partial charge in [-0.1, -0.05) is 21.8 Å². The van der Waals surface area contributed by atoms with E-state index in [4.69, 9.17) is 27.5 Å². The van der Waals surface area contributed by atoms with Crippen LogP contribution < -0.4 is 0 Å². The predicted molar refractivity (Wildman–Crippen MR) is 74.4 cm³/mol. The van der Waals surface area contributed by atoms with Gasteiger partial charge in [-0.15, -0.1) is 0 Å². The molecule has 9 nitrogen and oxygen atoms in total. The van der Waals surface area contributed by atoms with Crippen molar-refractivity contribution in [2.75, 3.05) is 13.4 Å². The number of benzene rings is 1. The minimum Gasteiger partial charge on any atom is -0.267 e. The zero-order valence-corrected chi connectivity index (χ0v) is 12.2. The van der Waals surface area contributed by atoms with Crippen LogP contribution in [-0.4, -0.2) is 24.4 Å². The maximum absolute atomic E-state index is 12.1. The van der Waals surface area contributed by atoms with Crippen LogP contribution >= 0.6 is 27.5 Å². The number of hydrogen-bond acceptors (Lipinski definition) is 4. The Balaban J connectivity index is 2.92. The number of carbonyl (C=O) groups is 1. The second-order valence-electron chi connectivity index (χ2n) is 3.17. The molecule has 104 valence electrons. The highest BCUT2D eigenvalue weighted by atomic mass is 79.9. The Morgan fingerprint density at radius 1 is 1.40 bits per heavy atom. The van der Waals surface area contributed by atoms with Crippen LogP contribution in [0.1, 0.15) is 10.4 Å². The van der Waals surface area contributed by atoms with Crippen molar-refractivity contribution in [2.24, 2.45) is 10.2 Å². The molecular weight excluding hydrogens is 354 g/mol. The summed E-state index contributed by atoms with van der Waals surface area (Å²) in [5, 5.41) is 7.46. The highest BCUT2D eigenvalue weighted by Crippen LogP contribution is 2.23. The molecule has 0 heterocycles. The fraction of sp³-hybridized carbons (Fsp3) is 0.222. The maximum Gasteiger partial charge on any atom is 0.277 e. The summed E-state index contributed by atoms with van der Waals surface area (Å²) in [5.74, 6) is -0.583. The van der Waals surface area contributed by atoms with Crippen LogP contribution in [0.25, 0.3) is 20.9 Å². The summed E-state index contributed by atoms with van der Waals surface area (Å²) >= 11 is 9.09. The lowest BCUT2D eigenvalue weighted by molar-refractivity contribution is -0.119. The largest absolute Gasteiger partial charge is 0.277 e. The molecule has 0 N–H and O–H groups in total. The molecular formula is C9H7BrClN7O2. The summed E-state index contributed by atoms with van der Waals surface area (Å²) in [7, 11) is 0. The van der Waals surface area contributed by atoms with Crippen LogP contribution in [0.2, 0.25) is 5.02 Å². The molecule has 1 aromatic rings. The summed E-state index contributed by atoms with van der Waals surface area (Å²) in [6.07, 6.45) is 0. The van der Waals surface area contributed by atoms with E-state index in [1.165, 1.54) is 12.1 Å². The molecule has 1 amide bonds. The monoisotopic (exact) mass is 359 g/mol. The average Bonchev–Trinajstić information content (AvgIpc) is 2.45. The molecule has 0 fully saturated rings. The van der Waals surface area contributed by atoms with Gasteiger partial charge in [-0.2, -0.15) is 0 Å². The van der Waals surface area contributed by atoms with Crippen LogP contribution in [0, 0.1) is 0 Å². The van der Waals surface area contributed by atoms with E-state index in [9.17, 15) is 4.79 Å². The molecule has 0 bridgehead atoms. The Hall–Kier alpha value is -1.96. The first-order chi connectivity index (χ1) is 9.60. The molecule has 0 aliphatic heterocycles. The lowest BCUT2D eigenvalue weighted by atomic mass is 10.2. The van der Waals surface area contributed by atoms with Crippen LogP contribution in [0.4, 0.5) is 0 Å². The van der Waals surface area contributed by atoms with Crippen molar-refractivity contribution in [1.82, 2.24) is 5.06 Å². The van der Waals surface area contributed by atoms with Crippen molar-refractivity contribution in [3.63, 3.8) is 0 Å². The molecule has 0 atom stereocenters. The minimum absolute atomic E-state index is 0.229. The van der Waals surface area contributed by atoms with E-state index in [0.29, 0.717) is 9.50 Å². The highest BCUT2D eigenvalue weighted by molar-refractivity contribution is 9.10. The standard InChI is InChI=1S/C9H7BrClN7O2/c10-7-2-1-6(3-8(7)11)9(19)18(4-14-16-12)20-5-15-17-13/h1-3H,4-5H2. The zero-order chi connectivity index (χ0) is 15.0. The summed E-state index contributed by atoms with van der Waals surface area (Å²) in [6.45, 7) is -0.780. The van der Waals surface area contributed by atoms with Gasteiger partial charge in [0.25, 0.3) is 5.91 Å². The molecule has 0 saturated heterocycles. The van der Waals surface area contributed by atoms with Crippen LogP contribution in [0.3, 0.4) is 0 Å². The van der Waals surface area contributed by atoms with E-state index in [2.05, 4.69) is 36.0 Å². The third kappa shape index (κ3) is 4.61. The predicted octanol–water partition coefficient (Wildman–Crippen LogP) is 4.01. The Morgan fingerprint density at radius 3 is 2.70 bits per heavy atom. The van der Waals surface area contributed by atoms with Gasteiger partial charge in [0.05, 0.1) is 5.02 Å². The van der Waals surface area contributed by atoms with E-state index in [1.807, 2.05) is 0 Å². The number of hydrogen-bond donors (Lipinski definition) is 0. The number of azide groups is 2. The Kier molecular flexibility index (Phi) is 6.65. The molecule has 1 aromatic carbocycles. The van der Waals surface area contributed by atoms with Crippen molar-refractivity contribution in [2.45, 2.75) is 0 Å². The smallest absolute Gasteiger partial charge is 0.267 e. The van der Waals surface area contributed by atoms with E-state index in [1.54, 1.807) is 6.07 Å². The number of halogens is 2. The molecule has 0 unspecified atom stereocenters. The third-order valence-corrected chi connectivity index (χ3v) is 3.22. The summed E-state index contributed by atoms with van der Waals surface area (Å²) in [5.41, 5.74) is 16.7. The first kappa shape index (κ1) is 16.1. The lowest BCUT2D eigenvalue weighted by Gasteiger charge is -2.18. The third-order valence-electron chi connectivity index (χ3n) is 1.98. The van der Waals surface area contributed by atoms with Crippen molar-refractivity contribution >= 4 is 33.4 Å². The number of hydroxylamine groups is 2. The average molecular weight is 361 g/mol. The first-order valence-electron chi connectivity index (χ1n) is 5.01. The minimum atomic E-state index is -0.583. The Bertz CT molecular complexity index is 598. The van der Waals surface area contributed by atoms with Crippen molar-refractivity contribution in [3.05, 3.63) is 54.1 Å². The fourth-order valence-corrected chi connectivity index (χ4v) is 1.57. The van der Waals surface area contributed by atoms with Gasteiger partial charge in [-0.3, -0.25) is 9.63 Å². The number of amides is 1. The van der Waals surface area contributed by atoms with E-state index >= 15 is 0 Å². The molecule has 11 heteroatoms. The quantitative estimate of drug-likeness (QED) is 0.329. The van der Waals surface area contributed by atoms with Crippen molar-refractivity contribution < 1.29 is 9.63 Å². The van der Waals surface area contributed by atoms with Gasteiger partial charge in [-0.05, 0) is 45.2 Å². The molecule has 0 saturated carbocycles. The molecule has 20 heavy (non-hydrogen) atoms. The molecule has 0 spiro atoms. The van der Waals surface area contributed by atoms with E-state index in [-0.39, 0.29) is 12.2 Å². The maximum atomic E-state index is 12.1. The number of rotatable bonds is 6. The SMILES string of the molecule is [N-]=[N+]=NCON(CN=[N+]=[N-])C(=O)c1ccc(Br)c(Cl)c1. The lowest BCUT2D eigenvalue weighted by Crippen LogP contribution is -2.31. The van der Waals surface area contributed by atoms with Crippen molar-refractivity contribution in [1.29, 1.82) is 0 Å². The topological polar surface area (TPSA) is 127 Å². The van der Waals surface area contributed by atoms with Gasteiger partial charge < -0.3 is 0 Å².